The Morgan fingerprint density at radius 3 is 2.89 bits per heavy atom. The van der Waals surface area contributed by atoms with Gasteiger partial charge in [-0.05, 0) is 25.9 Å². The van der Waals surface area contributed by atoms with Gasteiger partial charge in [0.1, 0.15) is 0 Å². The first-order valence-corrected chi connectivity index (χ1v) is 3.13. The van der Waals surface area contributed by atoms with E-state index in [0.29, 0.717) is 5.92 Å². The molecule has 3 nitrogen and oxygen atoms in total. The molecule has 0 amide bonds. The van der Waals surface area contributed by atoms with Crippen molar-refractivity contribution in [2.45, 2.75) is 6.42 Å². The van der Waals surface area contributed by atoms with Crippen molar-refractivity contribution >= 4 is 5.97 Å². The third-order valence-corrected chi connectivity index (χ3v) is 1.71. The zero-order chi connectivity index (χ0) is 6.85. The summed E-state index contributed by atoms with van der Waals surface area (Å²) in [7, 11) is 1.84. The van der Waals surface area contributed by atoms with Gasteiger partial charge in [-0.1, -0.05) is 0 Å². The maximum absolute atomic E-state index is 10.2. The molecule has 1 aliphatic rings. The molecule has 0 saturated heterocycles. The van der Waals surface area contributed by atoms with Crippen molar-refractivity contribution in [3.63, 3.8) is 0 Å². The molecule has 0 aliphatic heterocycles. The fraction of sp³-hybridized carbons (Fsp3) is 0.833. The van der Waals surface area contributed by atoms with Crippen LogP contribution in [0.1, 0.15) is 6.42 Å². The molecule has 0 aromatic heterocycles. The van der Waals surface area contributed by atoms with Crippen LogP contribution in [0.5, 0.6) is 0 Å². The summed E-state index contributed by atoms with van der Waals surface area (Å²) in [5, 5.41) is 11.4. The maximum atomic E-state index is 10.2. The fourth-order valence-corrected chi connectivity index (χ4v) is 1.04. The van der Waals surface area contributed by atoms with Gasteiger partial charge in [0.25, 0.3) is 0 Å². The highest BCUT2D eigenvalue weighted by atomic mass is 16.4. The smallest absolute Gasteiger partial charge is 0.306 e. The number of aliphatic carboxylic acids is 1. The molecule has 0 aromatic rings. The zero-order valence-corrected chi connectivity index (χ0v) is 5.42. The molecule has 9 heavy (non-hydrogen) atoms. The summed E-state index contributed by atoms with van der Waals surface area (Å²) in [6.07, 6.45) is 0.857. The van der Waals surface area contributed by atoms with Crippen molar-refractivity contribution in [3.05, 3.63) is 0 Å². The lowest BCUT2D eigenvalue weighted by atomic mass is 10.3. The number of carbonyl (C=O) groups is 1. The Bertz CT molecular complexity index is 124. The van der Waals surface area contributed by atoms with E-state index in [9.17, 15) is 4.79 Å². The Balaban J connectivity index is 2.17. The van der Waals surface area contributed by atoms with Gasteiger partial charge in [0, 0.05) is 0 Å². The Labute approximate surface area is 54.1 Å². The Morgan fingerprint density at radius 2 is 2.56 bits per heavy atom. The van der Waals surface area contributed by atoms with E-state index in [4.69, 9.17) is 5.11 Å². The standard InChI is InChI=1S/C6H11NO2/c1-7-3-4-2-5(4)6(8)9/h4-5,7H,2-3H2,1H3,(H,8,9)/t4-,5+/m0/s1. The van der Waals surface area contributed by atoms with Crippen LogP contribution in [0, 0.1) is 11.8 Å². The van der Waals surface area contributed by atoms with E-state index < -0.39 is 5.97 Å². The molecule has 3 heteroatoms. The number of nitrogens with one attached hydrogen (secondary N) is 1. The molecule has 1 saturated carbocycles. The predicted molar refractivity (Wildman–Crippen MR) is 33.2 cm³/mol. The normalized spacial score (nSPS) is 32.1. The van der Waals surface area contributed by atoms with Crippen LogP contribution in [0.15, 0.2) is 0 Å². The van der Waals surface area contributed by atoms with Crippen molar-refractivity contribution in [1.29, 1.82) is 0 Å². The van der Waals surface area contributed by atoms with E-state index >= 15 is 0 Å². The molecule has 0 bridgehead atoms. The lowest BCUT2D eigenvalue weighted by Crippen LogP contribution is -2.12. The van der Waals surface area contributed by atoms with Gasteiger partial charge in [-0.3, -0.25) is 4.79 Å². The minimum Gasteiger partial charge on any atom is -0.481 e. The van der Waals surface area contributed by atoms with Gasteiger partial charge in [-0.15, -0.1) is 0 Å². The predicted octanol–water partition coefficient (Wildman–Crippen LogP) is -0.0735. The average Bonchev–Trinajstić information content (AvgIpc) is 2.47. The molecule has 0 unspecified atom stereocenters. The summed E-state index contributed by atoms with van der Waals surface area (Å²) in [5.41, 5.74) is 0. The number of carboxylic acids is 1. The molecule has 1 fully saturated rings. The first-order valence-electron chi connectivity index (χ1n) is 3.13. The van der Waals surface area contributed by atoms with Gasteiger partial charge < -0.3 is 10.4 Å². The zero-order valence-electron chi connectivity index (χ0n) is 5.42. The van der Waals surface area contributed by atoms with Crippen LogP contribution in [0.4, 0.5) is 0 Å². The van der Waals surface area contributed by atoms with Crippen molar-refractivity contribution in [3.8, 4) is 0 Å². The molecule has 2 N–H and O–H groups in total. The van der Waals surface area contributed by atoms with E-state index in [0.717, 1.165) is 13.0 Å². The van der Waals surface area contributed by atoms with Crippen LogP contribution >= 0.6 is 0 Å². The third kappa shape index (κ3) is 1.42. The lowest BCUT2D eigenvalue weighted by molar-refractivity contribution is -0.138. The number of rotatable bonds is 3. The number of carboxylic acid groups (broad SMARTS) is 1. The molecule has 0 spiro atoms. The molecule has 1 aliphatic carbocycles. The third-order valence-electron chi connectivity index (χ3n) is 1.71. The molecule has 1 rings (SSSR count). The average molecular weight is 129 g/mol. The second kappa shape index (κ2) is 2.35. The molecule has 0 aromatic carbocycles. The van der Waals surface area contributed by atoms with Crippen molar-refractivity contribution in [2.75, 3.05) is 13.6 Å². The summed E-state index contributed by atoms with van der Waals surface area (Å²) in [6.45, 7) is 0.844. The fourth-order valence-electron chi connectivity index (χ4n) is 1.04. The number of hydrogen-bond acceptors (Lipinski definition) is 2. The largest absolute Gasteiger partial charge is 0.481 e. The first-order chi connectivity index (χ1) is 4.25. The Kier molecular flexibility index (Phi) is 1.71. The Morgan fingerprint density at radius 1 is 1.89 bits per heavy atom. The second-order valence-corrected chi connectivity index (χ2v) is 2.50. The van der Waals surface area contributed by atoms with Crippen molar-refractivity contribution in [2.24, 2.45) is 11.8 Å². The van der Waals surface area contributed by atoms with Crippen LogP contribution < -0.4 is 5.32 Å². The van der Waals surface area contributed by atoms with E-state index in [1.54, 1.807) is 0 Å². The van der Waals surface area contributed by atoms with Gasteiger partial charge >= 0.3 is 5.97 Å². The van der Waals surface area contributed by atoms with E-state index in [2.05, 4.69) is 5.32 Å². The SMILES string of the molecule is CNC[C@@H]1C[C@H]1C(=O)O. The van der Waals surface area contributed by atoms with E-state index in [-0.39, 0.29) is 5.92 Å². The molecule has 52 valence electrons. The van der Waals surface area contributed by atoms with Crippen LogP contribution in [-0.4, -0.2) is 24.7 Å². The molecule has 2 atom stereocenters. The van der Waals surface area contributed by atoms with Gasteiger partial charge in [0.2, 0.25) is 0 Å². The summed E-state index contributed by atoms with van der Waals surface area (Å²) in [6, 6.07) is 0. The van der Waals surface area contributed by atoms with Crippen LogP contribution in [-0.2, 0) is 4.79 Å². The summed E-state index contributed by atoms with van der Waals surface area (Å²) in [4.78, 5) is 10.2. The van der Waals surface area contributed by atoms with Crippen LogP contribution in [0.25, 0.3) is 0 Å². The summed E-state index contributed by atoms with van der Waals surface area (Å²) < 4.78 is 0. The Hall–Kier alpha value is -0.570. The lowest BCUT2D eigenvalue weighted by Gasteiger charge is -1.91. The van der Waals surface area contributed by atoms with Gasteiger partial charge in [-0.2, -0.15) is 0 Å². The highest BCUT2D eigenvalue weighted by Crippen LogP contribution is 2.37. The highest BCUT2D eigenvalue weighted by Gasteiger charge is 2.42. The maximum Gasteiger partial charge on any atom is 0.306 e. The first kappa shape index (κ1) is 6.55. The van der Waals surface area contributed by atoms with Gasteiger partial charge in [0.15, 0.2) is 0 Å². The summed E-state index contributed by atoms with van der Waals surface area (Å²) in [5.74, 6) is -0.305. The highest BCUT2D eigenvalue weighted by molar-refractivity contribution is 5.73. The van der Waals surface area contributed by atoms with Crippen molar-refractivity contribution in [1.82, 2.24) is 5.32 Å². The second-order valence-electron chi connectivity index (χ2n) is 2.50. The van der Waals surface area contributed by atoms with E-state index in [1.807, 2.05) is 7.05 Å². The minimum atomic E-state index is -0.643. The monoisotopic (exact) mass is 129 g/mol. The molecular weight excluding hydrogens is 118 g/mol. The minimum absolute atomic E-state index is 0.0579. The molecule has 0 heterocycles. The molecule has 0 radical (unpaired) electrons. The van der Waals surface area contributed by atoms with Crippen LogP contribution in [0.2, 0.25) is 0 Å². The summed E-state index contributed by atoms with van der Waals surface area (Å²) >= 11 is 0. The van der Waals surface area contributed by atoms with E-state index in [1.165, 1.54) is 0 Å². The molecular formula is C6H11NO2. The van der Waals surface area contributed by atoms with Crippen LogP contribution in [0.3, 0.4) is 0 Å². The topological polar surface area (TPSA) is 49.3 Å². The van der Waals surface area contributed by atoms with Crippen molar-refractivity contribution < 1.29 is 9.90 Å². The quantitative estimate of drug-likeness (QED) is 0.560. The number of hydrogen-bond donors (Lipinski definition) is 2. The van der Waals surface area contributed by atoms with Gasteiger partial charge in [-0.25, -0.2) is 0 Å². The van der Waals surface area contributed by atoms with Gasteiger partial charge in [0.05, 0.1) is 5.92 Å².